The molecule has 2 N–H and O–H groups in total. The minimum Gasteiger partial charge on any atom is -0.478 e. The Hall–Kier alpha value is -1.73. The van der Waals surface area contributed by atoms with E-state index in [9.17, 15) is 18.7 Å². The zero-order valence-electron chi connectivity index (χ0n) is 10.6. The lowest BCUT2D eigenvalue weighted by atomic mass is 10.1. The van der Waals surface area contributed by atoms with Gasteiger partial charge in [-0.25, -0.2) is 4.79 Å². The van der Waals surface area contributed by atoms with E-state index in [0.29, 0.717) is 18.7 Å². The Morgan fingerprint density at radius 1 is 1.40 bits per heavy atom. The van der Waals surface area contributed by atoms with Crippen LogP contribution >= 0.6 is 0 Å². The molecule has 1 aromatic rings. The predicted molar refractivity (Wildman–Crippen MR) is 67.1 cm³/mol. The van der Waals surface area contributed by atoms with Gasteiger partial charge in [-0.15, -0.1) is 0 Å². The van der Waals surface area contributed by atoms with E-state index < -0.39 is 18.7 Å². The van der Waals surface area contributed by atoms with Crippen LogP contribution in [0.5, 0.6) is 0 Å². The smallest absolute Gasteiger partial charge is 0.345 e. The Morgan fingerprint density at radius 3 is 2.60 bits per heavy atom. The average Bonchev–Trinajstić information content (AvgIpc) is 2.77. The number of ether oxygens (including phenoxy) is 1. The van der Waals surface area contributed by atoms with Crippen LogP contribution in [0.15, 0.2) is 24.3 Å². The minimum absolute atomic E-state index is 0.147. The number of β-amino-alcohol motifs (C(OH)–C–C–N with tert-alkyl or cyclic N) is 1. The van der Waals surface area contributed by atoms with Gasteiger partial charge in [0.1, 0.15) is 0 Å². The van der Waals surface area contributed by atoms with Crippen LogP contribution in [0.2, 0.25) is 0 Å². The molecule has 1 aliphatic rings. The van der Waals surface area contributed by atoms with Crippen molar-refractivity contribution in [2.24, 2.45) is 0 Å². The largest absolute Gasteiger partial charge is 0.478 e. The Bertz CT molecular complexity index is 466. The molecule has 5 nitrogen and oxygen atoms in total. The molecule has 0 unspecified atom stereocenters. The van der Waals surface area contributed by atoms with Crippen molar-refractivity contribution >= 4 is 11.7 Å². The number of aliphatic hydroxyl groups is 1. The highest BCUT2D eigenvalue weighted by molar-refractivity contribution is 5.88. The molecule has 2 atom stereocenters. The quantitative estimate of drug-likeness (QED) is 0.860. The van der Waals surface area contributed by atoms with Crippen LogP contribution in [0, 0.1) is 0 Å². The van der Waals surface area contributed by atoms with Crippen LogP contribution in [0.3, 0.4) is 0 Å². The van der Waals surface area contributed by atoms with Crippen molar-refractivity contribution in [1.82, 2.24) is 0 Å². The molecule has 1 saturated heterocycles. The summed E-state index contributed by atoms with van der Waals surface area (Å²) in [6, 6.07) is 5.71. The fourth-order valence-corrected chi connectivity index (χ4v) is 2.35. The lowest BCUT2D eigenvalue weighted by Gasteiger charge is -2.26. The molecule has 0 saturated carbocycles. The number of nitrogens with zero attached hydrogens (tertiary/aromatic N) is 1. The predicted octanol–water partition coefficient (Wildman–Crippen LogP) is 1.56. The zero-order valence-corrected chi connectivity index (χ0v) is 10.6. The van der Waals surface area contributed by atoms with E-state index in [4.69, 9.17) is 5.11 Å². The second-order valence-electron chi connectivity index (χ2n) is 4.64. The molecule has 0 aromatic heterocycles. The molecule has 1 aliphatic heterocycles. The highest BCUT2D eigenvalue weighted by Gasteiger charge is 2.31. The van der Waals surface area contributed by atoms with Gasteiger partial charge >= 0.3 is 12.6 Å². The first-order valence-corrected chi connectivity index (χ1v) is 6.15. The third-order valence-electron chi connectivity index (χ3n) is 3.25. The number of aliphatic hydroxyl groups excluding tert-OH is 1. The van der Waals surface area contributed by atoms with E-state index in [1.54, 1.807) is 17.0 Å². The van der Waals surface area contributed by atoms with Crippen molar-refractivity contribution < 1.29 is 28.5 Å². The van der Waals surface area contributed by atoms with E-state index in [1.807, 2.05) is 0 Å². The Balaban J connectivity index is 2.10. The third-order valence-corrected chi connectivity index (χ3v) is 3.25. The van der Waals surface area contributed by atoms with Crippen LogP contribution in [-0.2, 0) is 4.74 Å². The maximum absolute atomic E-state index is 12.1. The number of hydrogen-bond donors (Lipinski definition) is 2. The van der Waals surface area contributed by atoms with Gasteiger partial charge in [-0.2, -0.15) is 8.78 Å². The zero-order chi connectivity index (χ0) is 14.7. The fraction of sp³-hybridized carbons (Fsp3) is 0.462. The maximum atomic E-state index is 12.1. The molecule has 2 rings (SSSR count). The van der Waals surface area contributed by atoms with Crippen molar-refractivity contribution in [2.75, 3.05) is 18.1 Å². The number of carboxylic acids is 1. The molecule has 20 heavy (non-hydrogen) atoms. The monoisotopic (exact) mass is 287 g/mol. The number of benzene rings is 1. The van der Waals surface area contributed by atoms with Gasteiger partial charge in [0.2, 0.25) is 0 Å². The summed E-state index contributed by atoms with van der Waals surface area (Å²) in [6.45, 7) is -2.72. The summed E-state index contributed by atoms with van der Waals surface area (Å²) < 4.78 is 28.5. The molecule has 110 valence electrons. The van der Waals surface area contributed by atoms with Crippen molar-refractivity contribution in [1.29, 1.82) is 0 Å². The van der Waals surface area contributed by atoms with Crippen LogP contribution < -0.4 is 4.90 Å². The van der Waals surface area contributed by atoms with E-state index in [1.165, 1.54) is 12.1 Å². The Kier molecular flexibility index (Phi) is 4.51. The number of hydrogen-bond acceptors (Lipinski definition) is 4. The van der Waals surface area contributed by atoms with Crippen molar-refractivity contribution in [3.05, 3.63) is 29.8 Å². The first kappa shape index (κ1) is 14.7. The highest BCUT2D eigenvalue weighted by Crippen LogP contribution is 2.26. The van der Waals surface area contributed by atoms with Gasteiger partial charge in [0, 0.05) is 12.2 Å². The molecule has 0 aliphatic carbocycles. The second kappa shape index (κ2) is 6.15. The molecule has 0 amide bonds. The number of carbonyl (C=O) groups is 1. The van der Waals surface area contributed by atoms with E-state index in [-0.39, 0.29) is 18.2 Å². The third kappa shape index (κ3) is 3.43. The van der Waals surface area contributed by atoms with Crippen LogP contribution in [0.4, 0.5) is 14.5 Å². The molecular weight excluding hydrogens is 272 g/mol. The molecular formula is C13H15F2NO4. The maximum Gasteiger partial charge on any atom is 0.345 e. The van der Waals surface area contributed by atoms with Gasteiger partial charge in [0.25, 0.3) is 0 Å². The van der Waals surface area contributed by atoms with Gasteiger partial charge in [-0.05, 0) is 30.7 Å². The lowest BCUT2D eigenvalue weighted by Crippen LogP contribution is -2.33. The summed E-state index contributed by atoms with van der Waals surface area (Å²) in [4.78, 5) is 12.5. The summed E-state index contributed by atoms with van der Waals surface area (Å²) in [5.41, 5.74) is 0.822. The van der Waals surface area contributed by atoms with Gasteiger partial charge in [0.05, 0.1) is 24.3 Å². The highest BCUT2D eigenvalue weighted by atomic mass is 19.3. The number of anilines is 1. The van der Waals surface area contributed by atoms with Crippen LogP contribution in [-0.4, -0.2) is 48.1 Å². The Labute approximate surface area is 114 Å². The number of aromatic carboxylic acids is 1. The standard InChI is InChI=1S/C13H15F2NO4/c14-13(15)20-7-10-5-11(17)6-16(10)9-3-1-8(2-4-9)12(18)19/h1-4,10-11,13,17H,5-7H2,(H,18,19)/t10-,11+/m0/s1. The van der Waals surface area contributed by atoms with Gasteiger partial charge in [-0.3, -0.25) is 0 Å². The number of carboxylic acid groups (broad SMARTS) is 1. The number of halogens is 2. The van der Waals surface area contributed by atoms with Crippen molar-refractivity contribution in [2.45, 2.75) is 25.2 Å². The van der Waals surface area contributed by atoms with Gasteiger partial charge < -0.3 is 19.8 Å². The average molecular weight is 287 g/mol. The fourth-order valence-electron chi connectivity index (χ4n) is 2.35. The van der Waals surface area contributed by atoms with Crippen LogP contribution in [0.25, 0.3) is 0 Å². The minimum atomic E-state index is -2.84. The van der Waals surface area contributed by atoms with Crippen molar-refractivity contribution in [3.63, 3.8) is 0 Å². The SMILES string of the molecule is O=C(O)c1ccc(N2C[C@H](O)C[C@H]2COC(F)F)cc1. The summed E-state index contributed by atoms with van der Waals surface area (Å²) >= 11 is 0. The van der Waals surface area contributed by atoms with Crippen LogP contribution in [0.1, 0.15) is 16.8 Å². The summed E-state index contributed by atoms with van der Waals surface area (Å²) in [7, 11) is 0. The summed E-state index contributed by atoms with van der Waals surface area (Å²) in [6.07, 6.45) is -0.270. The molecule has 1 fully saturated rings. The number of rotatable bonds is 5. The molecule has 7 heteroatoms. The first-order valence-electron chi connectivity index (χ1n) is 6.15. The van der Waals surface area contributed by atoms with Crippen molar-refractivity contribution in [3.8, 4) is 0 Å². The Morgan fingerprint density at radius 2 is 2.05 bits per heavy atom. The first-order chi connectivity index (χ1) is 9.47. The normalized spacial score (nSPS) is 22.5. The van der Waals surface area contributed by atoms with E-state index >= 15 is 0 Å². The number of alkyl halides is 2. The summed E-state index contributed by atoms with van der Waals surface area (Å²) in [5.74, 6) is -1.03. The second-order valence-corrected chi connectivity index (χ2v) is 4.64. The van der Waals surface area contributed by atoms with E-state index in [0.717, 1.165) is 0 Å². The van der Waals surface area contributed by atoms with Gasteiger partial charge in [0.15, 0.2) is 0 Å². The molecule has 1 aromatic carbocycles. The van der Waals surface area contributed by atoms with E-state index in [2.05, 4.69) is 4.74 Å². The molecule has 0 radical (unpaired) electrons. The lowest BCUT2D eigenvalue weighted by molar-refractivity contribution is -0.132. The summed E-state index contributed by atoms with van der Waals surface area (Å²) in [5, 5.41) is 18.5. The van der Waals surface area contributed by atoms with Gasteiger partial charge in [-0.1, -0.05) is 0 Å². The topological polar surface area (TPSA) is 70.0 Å². The molecule has 0 bridgehead atoms. The molecule has 1 heterocycles. The molecule has 0 spiro atoms.